The molecule has 28 heavy (non-hydrogen) atoms. The van der Waals surface area contributed by atoms with Crippen LogP contribution in [0.2, 0.25) is 0 Å². The lowest BCUT2D eigenvalue weighted by atomic mass is 9.98. The molecule has 2 nitrogen and oxygen atoms in total. The van der Waals surface area contributed by atoms with Gasteiger partial charge in [0.1, 0.15) is 6.29 Å². The van der Waals surface area contributed by atoms with Crippen LogP contribution in [0.4, 0.5) is 0 Å². The first-order chi connectivity index (χ1) is 13.7. The largest absolute Gasteiger partial charge is 0.394 e. The average Bonchev–Trinajstić information content (AvgIpc) is 2.73. The SMILES string of the molecule is CCC(C=O)CC(=C/NC)/C=C/CCCc1ccc(Cc2ccccc2)cc1. The molecule has 0 fully saturated rings. The lowest BCUT2D eigenvalue weighted by molar-refractivity contribution is -0.111. The fraction of sp³-hybridized carbons (Fsp3) is 0.346. The van der Waals surface area contributed by atoms with Gasteiger partial charge in [-0.3, -0.25) is 0 Å². The standard InChI is InChI=1S/C26H33NO/c1-3-22(21-28)18-26(20-27-2)13-9-4-6-10-23-14-16-25(17-15-23)19-24-11-7-5-8-12-24/h5,7-9,11-17,20-22,27H,3-4,6,10,18-19H2,1-2H3/b13-9+,26-20+. The van der Waals surface area contributed by atoms with Gasteiger partial charge in [0.05, 0.1) is 0 Å². The molecular weight excluding hydrogens is 342 g/mol. The van der Waals surface area contributed by atoms with Gasteiger partial charge >= 0.3 is 0 Å². The first kappa shape index (κ1) is 21.7. The van der Waals surface area contributed by atoms with E-state index in [4.69, 9.17) is 0 Å². The maximum atomic E-state index is 11.1. The first-order valence-corrected chi connectivity index (χ1v) is 10.3. The molecule has 0 bridgehead atoms. The van der Waals surface area contributed by atoms with Crippen molar-refractivity contribution in [2.24, 2.45) is 5.92 Å². The summed E-state index contributed by atoms with van der Waals surface area (Å²) >= 11 is 0. The molecule has 1 atom stereocenters. The van der Waals surface area contributed by atoms with Crippen LogP contribution in [0.25, 0.3) is 0 Å². The Bertz CT molecular complexity index is 744. The van der Waals surface area contributed by atoms with E-state index in [1.165, 1.54) is 22.3 Å². The number of allylic oxidation sites excluding steroid dienone is 3. The summed E-state index contributed by atoms with van der Waals surface area (Å²) in [5.74, 6) is 0.110. The third-order valence-corrected chi connectivity index (χ3v) is 4.99. The molecule has 2 aromatic rings. The van der Waals surface area contributed by atoms with Crippen molar-refractivity contribution in [2.75, 3.05) is 7.05 Å². The van der Waals surface area contributed by atoms with Crippen LogP contribution in [-0.2, 0) is 17.6 Å². The summed E-state index contributed by atoms with van der Waals surface area (Å²) in [6, 6.07) is 19.6. The van der Waals surface area contributed by atoms with Crippen molar-refractivity contribution in [3.63, 3.8) is 0 Å². The molecule has 0 amide bonds. The van der Waals surface area contributed by atoms with Crippen molar-refractivity contribution in [2.45, 2.75) is 45.4 Å². The van der Waals surface area contributed by atoms with E-state index in [2.05, 4.69) is 79.0 Å². The van der Waals surface area contributed by atoms with Crippen LogP contribution in [0.5, 0.6) is 0 Å². The molecule has 0 saturated heterocycles. The van der Waals surface area contributed by atoms with Gasteiger partial charge in [-0.15, -0.1) is 0 Å². The van der Waals surface area contributed by atoms with E-state index in [-0.39, 0.29) is 5.92 Å². The lowest BCUT2D eigenvalue weighted by Crippen LogP contribution is -2.03. The van der Waals surface area contributed by atoms with E-state index in [1.807, 2.05) is 13.2 Å². The van der Waals surface area contributed by atoms with Gasteiger partial charge in [0.25, 0.3) is 0 Å². The number of carbonyl (C=O) groups excluding carboxylic acids is 1. The summed E-state index contributed by atoms with van der Waals surface area (Å²) in [7, 11) is 1.90. The van der Waals surface area contributed by atoms with Crippen LogP contribution < -0.4 is 5.32 Å². The quantitative estimate of drug-likeness (QED) is 0.285. The maximum Gasteiger partial charge on any atom is 0.123 e. The predicted octanol–water partition coefficient (Wildman–Crippen LogP) is 5.87. The maximum absolute atomic E-state index is 11.1. The highest BCUT2D eigenvalue weighted by Gasteiger charge is 2.06. The number of carbonyl (C=O) groups is 1. The molecule has 2 heteroatoms. The molecule has 0 heterocycles. The molecule has 0 saturated carbocycles. The predicted molar refractivity (Wildman–Crippen MR) is 119 cm³/mol. The molecule has 148 valence electrons. The van der Waals surface area contributed by atoms with E-state index in [0.29, 0.717) is 0 Å². The van der Waals surface area contributed by atoms with Crippen LogP contribution in [0.1, 0.15) is 49.3 Å². The monoisotopic (exact) mass is 375 g/mol. The summed E-state index contributed by atoms with van der Waals surface area (Å²) < 4.78 is 0. The zero-order chi connectivity index (χ0) is 20.0. The number of aryl methyl sites for hydroxylation is 1. The van der Waals surface area contributed by atoms with E-state index in [9.17, 15) is 4.79 Å². The van der Waals surface area contributed by atoms with E-state index < -0.39 is 0 Å². The van der Waals surface area contributed by atoms with Gasteiger partial charge < -0.3 is 10.1 Å². The normalized spacial score (nSPS) is 12.9. The molecule has 1 unspecified atom stereocenters. The Kier molecular flexibility index (Phi) is 9.85. The molecule has 2 rings (SSSR count). The van der Waals surface area contributed by atoms with Crippen LogP contribution in [-0.4, -0.2) is 13.3 Å². The highest BCUT2D eigenvalue weighted by Crippen LogP contribution is 2.15. The lowest BCUT2D eigenvalue weighted by Gasteiger charge is -2.08. The Balaban J connectivity index is 1.76. The molecule has 2 aromatic carbocycles. The molecule has 0 aliphatic heterocycles. The Hall–Kier alpha value is -2.61. The van der Waals surface area contributed by atoms with Crippen molar-refractivity contribution < 1.29 is 4.79 Å². The molecule has 0 spiro atoms. The third kappa shape index (κ3) is 7.96. The molecular formula is C26H33NO. The number of aldehydes is 1. The minimum Gasteiger partial charge on any atom is -0.394 e. The second kappa shape index (κ2) is 12.7. The number of benzene rings is 2. The second-order valence-electron chi connectivity index (χ2n) is 7.29. The van der Waals surface area contributed by atoms with Crippen LogP contribution in [0.3, 0.4) is 0 Å². The summed E-state index contributed by atoms with van der Waals surface area (Å²) in [6.07, 6.45) is 13.4. The number of rotatable bonds is 12. The van der Waals surface area contributed by atoms with Crippen molar-refractivity contribution >= 4 is 6.29 Å². The minimum absolute atomic E-state index is 0.110. The fourth-order valence-corrected chi connectivity index (χ4v) is 3.27. The van der Waals surface area contributed by atoms with Gasteiger partial charge in [-0.1, -0.05) is 73.7 Å². The van der Waals surface area contributed by atoms with Crippen LogP contribution >= 0.6 is 0 Å². The zero-order valence-electron chi connectivity index (χ0n) is 17.2. The van der Waals surface area contributed by atoms with Crippen molar-refractivity contribution in [1.29, 1.82) is 0 Å². The van der Waals surface area contributed by atoms with Gasteiger partial charge in [0.15, 0.2) is 0 Å². The number of unbranched alkanes of at least 4 members (excludes halogenated alkanes) is 1. The summed E-state index contributed by atoms with van der Waals surface area (Å²) in [5, 5.41) is 3.08. The van der Waals surface area contributed by atoms with E-state index in [1.54, 1.807) is 0 Å². The van der Waals surface area contributed by atoms with Crippen molar-refractivity contribution in [3.05, 3.63) is 95.2 Å². The average molecular weight is 376 g/mol. The summed E-state index contributed by atoms with van der Waals surface area (Å²) in [4.78, 5) is 11.1. The topological polar surface area (TPSA) is 29.1 Å². The minimum atomic E-state index is 0.110. The Labute approximate surface area is 170 Å². The summed E-state index contributed by atoms with van der Waals surface area (Å²) in [6.45, 7) is 2.06. The van der Waals surface area contributed by atoms with Crippen LogP contribution in [0, 0.1) is 5.92 Å². The van der Waals surface area contributed by atoms with Crippen molar-refractivity contribution in [1.82, 2.24) is 5.32 Å². The summed E-state index contributed by atoms with van der Waals surface area (Å²) in [5.41, 5.74) is 5.29. The third-order valence-electron chi connectivity index (χ3n) is 4.99. The second-order valence-corrected chi connectivity index (χ2v) is 7.29. The molecule has 0 aliphatic rings. The Morgan fingerprint density at radius 1 is 1.00 bits per heavy atom. The molecule has 0 aliphatic carbocycles. The van der Waals surface area contributed by atoms with Crippen LogP contribution in [0.15, 0.2) is 78.5 Å². The zero-order valence-corrected chi connectivity index (χ0v) is 17.2. The fourth-order valence-electron chi connectivity index (χ4n) is 3.27. The van der Waals surface area contributed by atoms with E-state index >= 15 is 0 Å². The van der Waals surface area contributed by atoms with Gasteiger partial charge in [-0.2, -0.15) is 0 Å². The molecule has 0 aromatic heterocycles. The molecule has 0 radical (unpaired) electrons. The Morgan fingerprint density at radius 3 is 2.32 bits per heavy atom. The smallest absolute Gasteiger partial charge is 0.123 e. The van der Waals surface area contributed by atoms with Gasteiger partial charge in [0.2, 0.25) is 0 Å². The van der Waals surface area contributed by atoms with E-state index in [0.717, 1.165) is 44.8 Å². The first-order valence-electron chi connectivity index (χ1n) is 10.3. The number of nitrogens with one attached hydrogen (secondary N) is 1. The molecule has 1 N–H and O–H groups in total. The van der Waals surface area contributed by atoms with Gasteiger partial charge in [-0.25, -0.2) is 0 Å². The van der Waals surface area contributed by atoms with Crippen molar-refractivity contribution in [3.8, 4) is 0 Å². The highest BCUT2D eigenvalue weighted by molar-refractivity contribution is 5.54. The van der Waals surface area contributed by atoms with Gasteiger partial charge in [-0.05, 0) is 67.0 Å². The van der Waals surface area contributed by atoms with Gasteiger partial charge in [0, 0.05) is 13.0 Å². The highest BCUT2D eigenvalue weighted by atomic mass is 16.1. The Morgan fingerprint density at radius 2 is 1.68 bits per heavy atom. The number of hydrogen-bond acceptors (Lipinski definition) is 2. The number of hydrogen-bond donors (Lipinski definition) is 1.